The molecule has 1 N–H and O–H groups in total. The van der Waals surface area contributed by atoms with Crippen LogP contribution in [0.25, 0.3) is 0 Å². The predicted molar refractivity (Wildman–Crippen MR) is 80.8 cm³/mol. The summed E-state index contributed by atoms with van der Waals surface area (Å²) in [5, 5.41) is 2.62. The first-order chi connectivity index (χ1) is 11.1. The van der Waals surface area contributed by atoms with Gasteiger partial charge in [-0.2, -0.15) is 0 Å². The van der Waals surface area contributed by atoms with Crippen molar-refractivity contribution in [1.82, 2.24) is 10.3 Å². The number of pyridine rings is 1. The number of carbonyl (C=O) groups is 2. The molecule has 0 saturated carbocycles. The molecule has 0 bridgehead atoms. The molecule has 2 heterocycles. The Morgan fingerprint density at radius 1 is 1.35 bits per heavy atom. The Hall–Kier alpha value is -2.83. The van der Waals surface area contributed by atoms with Gasteiger partial charge in [-0.25, -0.2) is 9.78 Å². The third kappa shape index (κ3) is 4.57. The van der Waals surface area contributed by atoms with E-state index in [1.807, 2.05) is 0 Å². The van der Waals surface area contributed by atoms with Crippen LogP contribution in [0.2, 0.25) is 0 Å². The van der Waals surface area contributed by atoms with Gasteiger partial charge in [0.2, 0.25) is 5.88 Å². The van der Waals surface area contributed by atoms with Crippen molar-refractivity contribution in [3.8, 4) is 5.88 Å². The predicted octanol–water partition coefficient (Wildman–Crippen LogP) is 1.93. The van der Waals surface area contributed by atoms with Crippen molar-refractivity contribution in [3.63, 3.8) is 0 Å². The highest BCUT2D eigenvalue weighted by Crippen LogP contribution is 2.16. The number of hydrogen-bond donors (Lipinski definition) is 1. The van der Waals surface area contributed by atoms with Crippen LogP contribution in [0.4, 0.5) is 0 Å². The van der Waals surface area contributed by atoms with Crippen molar-refractivity contribution in [2.75, 3.05) is 6.61 Å². The first kappa shape index (κ1) is 16.5. The van der Waals surface area contributed by atoms with Crippen LogP contribution in [0, 0.1) is 0 Å². The van der Waals surface area contributed by atoms with Gasteiger partial charge in [-0.1, -0.05) is 0 Å². The second-order valence-corrected chi connectivity index (χ2v) is 4.63. The van der Waals surface area contributed by atoms with E-state index in [0.717, 1.165) is 0 Å². The SMILES string of the molecule is CCOc1ncccc1C(=O)OC(C)C(=O)NCc1ccco1. The Labute approximate surface area is 133 Å². The number of amides is 1. The van der Waals surface area contributed by atoms with Crippen LogP contribution in [-0.4, -0.2) is 29.6 Å². The minimum Gasteiger partial charge on any atom is -0.477 e. The van der Waals surface area contributed by atoms with E-state index in [9.17, 15) is 9.59 Å². The molecule has 0 saturated heterocycles. The zero-order valence-corrected chi connectivity index (χ0v) is 12.9. The Morgan fingerprint density at radius 3 is 2.87 bits per heavy atom. The summed E-state index contributed by atoms with van der Waals surface area (Å²) < 4.78 is 15.5. The van der Waals surface area contributed by atoms with E-state index in [2.05, 4.69) is 10.3 Å². The van der Waals surface area contributed by atoms with E-state index in [1.165, 1.54) is 25.5 Å². The van der Waals surface area contributed by atoms with Gasteiger partial charge in [0.25, 0.3) is 5.91 Å². The summed E-state index contributed by atoms with van der Waals surface area (Å²) in [5.74, 6) is -0.287. The molecule has 0 radical (unpaired) electrons. The van der Waals surface area contributed by atoms with E-state index >= 15 is 0 Å². The fraction of sp³-hybridized carbons (Fsp3) is 0.312. The molecule has 23 heavy (non-hydrogen) atoms. The van der Waals surface area contributed by atoms with E-state index in [-0.39, 0.29) is 18.0 Å². The zero-order valence-electron chi connectivity index (χ0n) is 12.9. The van der Waals surface area contributed by atoms with Crippen LogP contribution < -0.4 is 10.1 Å². The minimum absolute atomic E-state index is 0.181. The van der Waals surface area contributed by atoms with Gasteiger partial charge in [0.1, 0.15) is 11.3 Å². The Balaban J connectivity index is 1.92. The number of carbonyl (C=O) groups excluding carboxylic acids is 2. The molecule has 0 fully saturated rings. The van der Waals surface area contributed by atoms with E-state index in [0.29, 0.717) is 12.4 Å². The Bertz CT molecular complexity index is 654. The molecule has 2 aromatic heterocycles. The molecular formula is C16H18N2O5. The summed E-state index contributed by atoms with van der Waals surface area (Å²) in [5.41, 5.74) is 0.181. The average molecular weight is 318 g/mol. The summed E-state index contributed by atoms with van der Waals surface area (Å²) in [6.07, 6.45) is 2.08. The van der Waals surface area contributed by atoms with Gasteiger partial charge in [-0.3, -0.25) is 4.79 Å². The van der Waals surface area contributed by atoms with Crippen molar-refractivity contribution >= 4 is 11.9 Å². The number of furan rings is 1. The lowest BCUT2D eigenvalue weighted by atomic mass is 10.2. The summed E-state index contributed by atoms with van der Waals surface area (Å²) in [7, 11) is 0. The third-order valence-electron chi connectivity index (χ3n) is 2.94. The van der Waals surface area contributed by atoms with Crippen LogP contribution in [-0.2, 0) is 16.1 Å². The molecular weight excluding hydrogens is 300 g/mol. The van der Waals surface area contributed by atoms with Crippen LogP contribution in [0.15, 0.2) is 41.1 Å². The number of nitrogens with zero attached hydrogens (tertiary/aromatic N) is 1. The highest BCUT2D eigenvalue weighted by atomic mass is 16.5. The van der Waals surface area contributed by atoms with Gasteiger partial charge >= 0.3 is 5.97 Å². The number of hydrogen-bond acceptors (Lipinski definition) is 6. The molecule has 1 unspecified atom stereocenters. The van der Waals surface area contributed by atoms with Crippen molar-refractivity contribution < 1.29 is 23.5 Å². The van der Waals surface area contributed by atoms with Crippen molar-refractivity contribution in [1.29, 1.82) is 0 Å². The number of esters is 1. The van der Waals surface area contributed by atoms with Crippen LogP contribution >= 0.6 is 0 Å². The highest BCUT2D eigenvalue weighted by Gasteiger charge is 2.21. The number of ether oxygens (including phenoxy) is 2. The molecule has 0 aromatic carbocycles. The number of nitrogens with one attached hydrogen (secondary N) is 1. The lowest BCUT2D eigenvalue weighted by molar-refractivity contribution is -0.129. The standard InChI is InChI=1S/C16H18N2O5/c1-3-21-15-13(7-4-8-17-15)16(20)23-11(2)14(19)18-10-12-6-5-9-22-12/h4-9,11H,3,10H2,1-2H3,(H,18,19). The molecule has 122 valence electrons. The van der Waals surface area contributed by atoms with E-state index in [1.54, 1.807) is 25.1 Å². The summed E-state index contributed by atoms with van der Waals surface area (Å²) in [6.45, 7) is 3.88. The number of rotatable bonds is 7. The number of aromatic nitrogens is 1. The summed E-state index contributed by atoms with van der Waals surface area (Å²) in [4.78, 5) is 28.1. The van der Waals surface area contributed by atoms with Gasteiger partial charge < -0.3 is 19.2 Å². The quantitative estimate of drug-likeness (QED) is 0.785. The monoisotopic (exact) mass is 318 g/mol. The molecule has 0 aliphatic carbocycles. The van der Waals surface area contributed by atoms with Gasteiger partial charge in [0, 0.05) is 6.20 Å². The molecule has 7 heteroatoms. The van der Waals surface area contributed by atoms with E-state index < -0.39 is 18.0 Å². The normalized spacial score (nSPS) is 11.6. The first-order valence-electron chi connectivity index (χ1n) is 7.20. The highest BCUT2D eigenvalue weighted by molar-refractivity contribution is 5.94. The van der Waals surface area contributed by atoms with Crippen molar-refractivity contribution in [2.24, 2.45) is 0 Å². The van der Waals surface area contributed by atoms with Crippen LogP contribution in [0.1, 0.15) is 30.0 Å². The summed E-state index contributed by atoms with van der Waals surface area (Å²) in [6, 6.07) is 6.60. The van der Waals surface area contributed by atoms with Crippen molar-refractivity contribution in [2.45, 2.75) is 26.5 Å². The van der Waals surface area contributed by atoms with Gasteiger partial charge in [0.15, 0.2) is 6.10 Å². The zero-order chi connectivity index (χ0) is 16.7. The molecule has 1 amide bonds. The second kappa shape index (κ2) is 7.98. The average Bonchev–Trinajstić information content (AvgIpc) is 3.06. The van der Waals surface area contributed by atoms with Gasteiger partial charge in [-0.05, 0) is 38.1 Å². The molecule has 0 aliphatic heterocycles. The Kier molecular flexibility index (Phi) is 5.74. The largest absolute Gasteiger partial charge is 0.477 e. The topological polar surface area (TPSA) is 90.7 Å². The molecule has 7 nitrogen and oxygen atoms in total. The van der Waals surface area contributed by atoms with Crippen molar-refractivity contribution in [3.05, 3.63) is 48.0 Å². The lowest BCUT2D eigenvalue weighted by Gasteiger charge is -2.14. The first-order valence-corrected chi connectivity index (χ1v) is 7.20. The van der Waals surface area contributed by atoms with Crippen LogP contribution in [0.5, 0.6) is 5.88 Å². The molecule has 2 aromatic rings. The smallest absolute Gasteiger partial charge is 0.344 e. The molecule has 0 aliphatic rings. The third-order valence-corrected chi connectivity index (χ3v) is 2.94. The van der Waals surface area contributed by atoms with Crippen LogP contribution in [0.3, 0.4) is 0 Å². The van der Waals surface area contributed by atoms with Gasteiger partial charge in [0.05, 0.1) is 19.4 Å². The summed E-state index contributed by atoms with van der Waals surface area (Å²) >= 11 is 0. The minimum atomic E-state index is -0.952. The molecule has 2 rings (SSSR count). The second-order valence-electron chi connectivity index (χ2n) is 4.63. The van der Waals surface area contributed by atoms with E-state index in [4.69, 9.17) is 13.9 Å². The molecule has 0 spiro atoms. The fourth-order valence-corrected chi connectivity index (χ4v) is 1.81. The molecule has 1 atom stereocenters. The Morgan fingerprint density at radius 2 is 2.17 bits per heavy atom. The fourth-order valence-electron chi connectivity index (χ4n) is 1.81. The van der Waals surface area contributed by atoms with Gasteiger partial charge in [-0.15, -0.1) is 0 Å². The maximum Gasteiger partial charge on any atom is 0.344 e. The maximum atomic E-state index is 12.1. The maximum absolute atomic E-state index is 12.1. The lowest BCUT2D eigenvalue weighted by Crippen LogP contribution is -2.35.